The minimum absolute atomic E-state index is 0.152. The maximum atomic E-state index is 12.6. The quantitative estimate of drug-likeness (QED) is 0.283. The summed E-state index contributed by atoms with van der Waals surface area (Å²) in [6.45, 7) is 6.50. The van der Waals surface area contributed by atoms with Gasteiger partial charge in [-0.1, -0.05) is 108 Å². The summed E-state index contributed by atoms with van der Waals surface area (Å²) in [4.78, 5) is 14.5. The number of carbonyl (C=O) groups is 1. The Bertz CT molecular complexity index is 445. The van der Waals surface area contributed by atoms with Gasteiger partial charge in [0.25, 0.3) is 0 Å². The summed E-state index contributed by atoms with van der Waals surface area (Å²) in [6, 6.07) is 9.94. The maximum Gasteiger partial charge on any atom is 0.410 e. The third kappa shape index (κ3) is 12.5. The van der Waals surface area contributed by atoms with Gasteiger partial charge in [-0.2, -0.15) is 0 Å². The molecule has 154 valence electrons. The van der Waals surface area contributed by atoms with Crippen LogP contribution in [0.5, 0.6) is 0 Å². The molecule has 0 radical (unpaired) electrons. The van der Waals surface area contributed by atoms with E-state index in [1.54, 1.807) is 0 Å². The highest BCUT2D eigenvalue weighted by Gasteiger charge is 2.14. The van der Waals surface area contributed by atoms with Crippen molar-refractivity contribution < 1.29 is 9.53 Å². The van der Waals surface area contributed by atoms with E-state index in [2.05, 4.69) is 13.8 Å². The molecule has 0 spiro atoms. The fourth-order valence-electron chi connectivity index (χ4n) is 3.27. The summed E-state index contributed by atoms with van der Waals surface area (Å²) >= 11 is 0. The highest BCUT2D eigenvalue weighted by atomic mass is 16.6. The highest BCUT2D eigenvalue weighted by Crippen LogP contribution is 2.11. The number of hydrogen-bond donors (Lipinski definition) is 0. The van der Waals surface area contributed by atoms with Crippen LogP contribution in [0, 0.1) is 0 Å². The predicted octanol–water partition coefficient (Wildman–Crippen LogP) is 7.35. The molecule has 0 aliphatic rings. The van der Waals surface area contributed by atoms with Gasteiger partial charge in [0.15, 0.2) is 0 Å². The van der Waals surface area contributed by atoms with Gasteiger partial charge in [0.05, 0.1) is 0 Å². The Hall–Kier alpha value is -1.51. The fraction of sp³-hybridized carbons (Fsp3) is 0.708. The van der Waals surface area contributed by atoms with E-state index in [0.29, 0.717) is 6.61 Å². The van der Waals surface area contributed by atoms with Gasteiger partial charge < -0.3 is 9.64 Å². The second kappa shape index (κ2) is 16.6. The van der Waals surface area contributed by atoms with Gasteiger partial charge in [-0.3, -0.25) is 0 Å². The molecule has 1 aromatic rings. The van der Waals surface area contributed by atoms with Crippen molar-refractivity contribution in [3.8, 4) is 0 Å². The van der Waals surface area contributed by atoms with Gasteiger partial charge in [-0.15, -0.1) is 0 Å². The number of hydrogen-bond acceptors (Lipinski definition) is 2. The summed E-state index contributed by atoms with van der Waals surface area (Å²) in [6.07, 6.45) is 14.8. The molecule has 0 saturated carbocycles. The maximum absolute atomic E-state index is 12.6. The molecular formula is C24H41NO2. The summed E-state index contributed by atoms with van der Waals surface area (Å²) in [5, 5.41) is 0. The van der Waals surface area contributed by atoms with Crippen molar-refractivity contribution in [1.29, 1.82) is 0 Å². The van der Waals surface area contributed by atoms with E-state index in [9.17, 15) is 4.79 Å². The van der Waals surface area contributed by atoms with Crippen molar-refractivity contribution in [3.63, 3.8) is 0 Å². The molecule has 0 atom stereocenters. The summed E-state index contributed by atoms with van der Waals surface area (Å²) in [5.74, 6) is 0. The summed E-state index contributed by atoms with van der Waals surface area (Å²) in [7, 11) is 0. The minimum Gasteiger partial charge on any atom is -0.445 e. The van der Waals surface area contributed by atoms with Crippen LogP contribution in [0.15, 0.2) is 30.3 Å². The number of nitrogens with zero attached hydrogens (tertiary/aromatic N) is 1. The van der Waals surface area contributed by atoms with Crippen molar-refractivity contribution >= 4 is 6.09 Å². The Kier molecular flexibility index (Phi) is 14.5. The van der Waals surface area contributed by atoms with Gasteiger partial charge in [-0.05, 0) is 18.4 Å². The van der Waals surface area contributed by atoms with E-state index < -0.39 is 0 Å². The van der Waals surface area contributed by atoms with Gasteiger partial charge in [0.1, 0.15) is 6.61 Å². The zero-order chi connectivity index (χ0) is 19.6. The van der Waals surface area contributed by atoms with Crippen LogP contribution in [-0.2, 0) is 11.3 Å². The first-order valence-corrected chi connectivity index (χ1v) is 11.2. The molecule has 1 aromatic carbocycles. The summed E-state index contributed by atoms with van der Waals surface area (Å²) in [5.41, 5.74) is 1.05. The van der Waals surface area contributed by atoms with Crippen LogP contribution in [0.2, 0.25) is 0 Å². The average molecular weight is 376 g/mol. The lowest BCUT2D eigenvalue weighted by Gasteiger charge is -2.22. The standard InChI is InChI=1S/C24H41NO2/c1-3-5-7-9-11-16-20-25(21-17-12-10-8-6-4-2)24(26)27-22-23-18-14-13-15-19-23/h13-15,18-19H,3-12,16-17,20-22H2,1-2H3. The van der Waals surface area contributed by atoms with Crippen LogP contribution in [-0.4, -0.2) is 24.1 Å². The van der Waals surface area contributed by atoms with Crippen molar-refractivity contribution in [1.82, 2.24) is 4.90 Å². The molecule has 3 heteroatoms. The van der Waals surface area contributed by atoms with Gasteiger partial charge in [-0.25, -0.2) is 4.79 Å². The summed E-state index contributed by atoms with van der Waals surface area (Å²) < 4.78 is 5.57. The van der Waals surface area contributed by atoms with Crippen LogP contribution in [0.3, 0.4) is 0 Å². The second-order valence-electron chi connectivity index (χ2n) is 7.56. The van der Waals surface area contributed by atoms with E-state index in [1.165, 1.54) is 64.2 Å². The first-order valence-electron chi connectivity index (χ1n) is 11.2. The van der Waals surface area contributed by atoms with Gasteiger partial charge in [0.2, 0.25) is 0 Å². The van der Waals surface area contributed by atoms with Crippen molar-refractivity contribution in [2.75, 3.05) is 13.1 Å². The topological polar surface area (TPSA) is 29.5 Å². The number of unbranched alkanes of at least 4 members (excludes halogenated alkanes) is 10. The van der Waals surface area contributed by atoms with Crippen molar-refractivity contribution in [3.05, 3.63) is 35.9 Å². The van der Waals surface area contributed by atoms with Crippen LogP contribution in [0.4, 0.5) is 4.79 Å². The van der Waals surface area contributed by atoms with Crippen molar-refractivity contribution in [2.24, 2.45) is 0 Å². The molecule has 0 saturated heterocycles. The molecule has 0 unspecified atom stereocenters. The molecule has 1 amide bonds. The van der Waals surface area contributed by atoms with Crippen LogP contribution in [0.1, 0.15) is 96.5 Å². The monoisotopic (exact) mass is 375 g/mol. The normalized spacial score (nSPS) is 10.7. The zero-order valence-corrected chi connectivity index (χ0v) is 17.8. The molecule has 0 aliphatic heterocycles. The number of benzene rings is 1. The zero-order valence-electron chi connectivity index (χ0n) is 17.8. The molecule has 0 bridgehead atoms. The molecule has 0 aliphatic carbocycles. The molecule has 27 heavy (non-hydrogen) atoms. The van der Waals surface area contributed by atoms with E-state index in [0.717, 1.165) is 31.5 Å². The lowest BCUT2D eigenvalue weighted by molar-refractivity contribution is 0.0947. The number of ether oxygens (including phenoxy) is 1. The van der Waals surface area contributed by atoms with Crippen LogP contribution in [0.25, 0.3) is 0 Å². The van der Waals surface area contributed by atoms with E-state index in [1.807, 2.05) is 35.2 Å². The number of rotatable bonds is 16. The first kappa shape index (κ1) is 23.5. The second-order valence-corrected chi connectivity index (χ2v) is 7.56. The number of carbonyl (C=O) groups excluding carboxylic acids is 1. The molecule has 0 N–H and O–H groups in total. The minimum atomic E-state index is -0.152. The predicted molar refractivity (Wildman–Crippen MR) is 115 cm³/mol. The Labute approximate surface area is 167 Å². The molecular weight excluding hydrogens is 334 g/mol. The van der Waals surface area contributed by atoms with Gasteiger partial charge in [0, 0.05) is 13.1 Å². The largest absolute Gasteiger partial charge is 0.445 e. The first-order chi connectivity index (χ1) is 13.3. The van der Waals surface area contributed by atoms with Crippen molar-refractivity contribution in [2.45, 2.75) is 97.5 Å². The Morgan fingerprint density at radius 3 is 1.74 bits per heavy atom. The van der Waals surface area contributed by atoms with E-state index >= 15 is 0 Å². The molecule has 0 aromatic heterocycles. The number of amides is 1. The Morgan fingerprint density at radius 1 is 0.741 bits per heavy atom. The van der Waals surface area contributed by atoms with E-state index in [4.69, 9.17) is 4.74 Å². The lowest BCUT2D eigenvalue weighted by atomic mass is 10.1. The lowest BCUT2D eigenvalue weighted by Crippen LogP contribution is -2.33. The fourth-order valence-corrected chi connectivity index (χ4v) is 3.27. The van der Waals surface area contributed by atoms with Crippen LogP contribution >= 0.6 is 0 Å². The Morgan fingerprint density at radius 2 is 1.22 bits per heavy atom. The van der Waals surface area contributed by atoms with Crippen LogP contribution < -0.4 is 0 Å². The highest BCUT2D eigenvalue weighted by molar-refractivity contribution is 5.67. The molecule has 0 fully saturated rings. The average Bonchev–Trinajstić information content (AvgIpc) is 2.70. The molecule has 3 nitrogen and oxygen atoms in total. The van der Waals surface area contributed by atoms with Gasteiger partial charge >= 0.3 is 6.09 Å². The Balaban J connectivity index is 2.34. The third-order valence-corrected chi connectivity index (χ3v) is 5.03. The molecule has 0 heterocycles. The molecule has 1 rings (SSSR count). The smallest absolute Gasteiger partial charge is 0.410 e. The SMILES string of the molecule is CCCCCCCCN(CCCCCCCC)C(=O)OCc1ccccc1. The van der Waals surface area contributed by atoms with E-state index in [-0.39, 0.29) is 6.09 Å². The third-order valence-electron chi connectivity index (χ3n) is 5.03.